The highest BCUT2D eigenvalue weighted by Gasteiger charge is 2.44. The molecule has 6 heteroatoms. The average Bonchev–Trinajstić information content (AvgIpc) is 3.14. The van der Waals surface area contributed by atoms with Crippen molar-refractivity contribution in [1.82, 2.24) is 9.47 Å². The monoisotopic (exact) mass is 514 g/mol. The Hall–Kier alpha value is -1.95. The highest BCUT2D eigenvalue weighted by molar-refractivity contribution is 6.04. The molecule has 0 amide bonds. The molecule has 1 aliphatic carbocycles. The number of hydrogen-bond acceptors (Lipinski definition) is 5. The third-order valence-corrected chi connectivity index (χ3v) is 8.74. The van der Waals surface area contributed by atoms with Crippen molar-refractivity contribution in [2.24, 2.45) is 17.3 Å². The molecule has 208 valence electrons. The molecule has 1 aliphatic heterocycles. The van der Waals surface area contributed by atoms with Crippen LogP contribution in [-0.2, 0) is 22.4 Å². The fraction of sp³-hybridized carbons (Fsp3) is 0.774. The van der Waals surface area contributed by atoms with Crippen LogP contribution in [0.1, 0.15) is 124 Å². The highest BCUT2D eigenvalue weighted by atomic mass is 16.5. The Morgan fingerprint density at radius 1 is 1.05 bits per heavy atom. The van der Waals surface area contributed by atoms with Crippen LogP contribution in [0.25, 0.3) is 0 Å². The summed E-state index contributed by atoms with van der Waals surface area (Å²) in [6.45, 7) is 12.2. The number of esters is 1. The summed E-state index contributed by atoms with van der Waals surface area (Å²) in [7, 11) is 2.09. The van der Waals surface area contributed by atoms with E-state index in [1.165, 1.54) is 32.1 Å². The molecule has 0 unspecified atom stereocenters. The van der Waals surface area contributed by atoms with Crippen LogP contribution < -0.4 is 0 Å². The molecule has 37 heavy (non-hydrogen) atoms. The van der Waals surface area contributed by atoms with Crippen LogP contribution in [0.2, 0.25) is 0 Å². The zero-order valence-corrected chi connectivity index (χ0v) is 24.3. The number of nitrogens with zero attached hydrogens (tertiary/aromatic N) is 2. The van der Waals surface area contributed by atoms with E-state index in [0.29, 0.717) is 18.8 Å². The first kappa shape index (κ1) is 29.6. The molecule has 6 nitrogen and oxygen atoms in total. The molecule has 1 aromatic heterocycles. The Labute approximate surface area is 224 Å². The van der Waals surface area contributed by atoms with Crippen molar-refractivity contribution in [3.8, 4) is 0 Å². The standard InChI is InChI=1S/C31H50N2O4/c1-7-9-10-11-12-13-14-15-27(34)37-19-17-31(4,5)30(36)33-22(3)24(8-2)28-26(33)20-23-16-18-32(6)21-25(23)29(28)35/h23,25H,7-21H2,1-6H3/t23-,25+/m0/s1. The van der Waals surface area contributed by atoms with Gasteiger partial charge in [0.25, 0.3) is 0 Å². The van der Waals surface area contributed by atoms with Gasteiger partial charge in [-0.3, -0.25) is 19.0 Å². The van der Waals surface area contributed by atoms with Crippen LogP contribution >= 0.6 is 0 Å². The summed E-state index contributed by atoms with van der Waals surface area (Å²) < 4.78 is 7.37. The summed E-state index contributed by atoms with van der Waals surface area (Å²) in [6.07, 6.45) is 11.6. The number of aromatic nitrogens is 1. The molecule has 0 saturated carbocycles. The average molecular weight is 515 g/mol. The Balaban J connectivity index is 1.61. The number of carbonyl (C=O) groups excluding carboxylic acids is 3. The van der Waals surface area contributed by atoms with Crippen molar-refractivity contribution in [2.75, 3.05) is 26.7 Å². The van der Waals surface area contributed by atoms with Gasteiger partial charge in [0.1, 0.15) is 0 Å². The molecular weight excluding hydrogens is 464 g/mol. The lowest BCUT2D eigenvalue weighted by molar-refractivity contribution is -0.144. The van der Waals surface area contributed by atoms with Crippen LogP contribution in [0.3, 0.4) is 0 Å². The number of ether oxygens (including phenoxy) is 1. The van der Waals surface area contributed by atoms with Gasteiger partial charge in [0.05, 0.1) is 6.61 Å². The van der Waals surface area contributed by atoms with Crippen LogP contribution in [0.5, 0.6) is 0 Å². The van der Waals surface area contributed by atoms with E-state index in [9.17, 15) is 14.4 Å². The first-order chi connectivity index (χ1) is 17.6. The minimum absolute atomic E-state index is 0.00301. The minimum atomic E-state index is -0.700. The van der Waals surface area contributed by atoms with Gasteiger partial charge in [0.2, 0.25) is 5.91 Å². The number of ketones is 1. The Morgan fingerprint density at radius 2 is 1.73 bits per heavy atom. The lowest BCUT2D eigenvalue weighted by atomic mass is 9.72. The lowest BCUT2D eigenvalue weighted by Gasteiger charge is -2.39. The van der Waals surface area contributed by atoms with Crippen LogP contribution in [0.15, 0.2) is 0 Å². The molecule has 2 heterocycles. The second-order valence-electron chi connectivity index (χ2n) is 12.1. The molecule has 1 fully saturated rings. The van der Waals surface area contributed by atoms with E-state index >= 15 is 0 Å². The maximum atomic E-state index is 13.9. The Morgan fingerprint density at radius 3 is 2.41 bits per heavy atom. The van der Waals surface area contributed by atoms with E-state index in [-0.39, 0.29) is 30.2 Å². The first-order valence-electron chi connectivity index (χ1n) is 14.8. The summed E-state index contributed by atoms with van der Waals surface area (Å²) in [5, 5.41) is 0. The first-order valence-corrected chi connectivity index (χ1v) is 14.8. The predicted octanol–water partition coefficient (Wildman–Crippen LogP) is 6.41. The molecule has 0 N–H and O–H groups in total. The van der Waals surface area contributed by atoms with Gasteiger partial charge in [-0.15, -0.1) is 0 Å². The normalized spacial score (nSPS) is 20.0. The molecular formula is C31H50N2O4. The SMILES string of the molecule is CCCCCCCCCC(=O)OCCC(C)(C)C(=O)n1c(C)c(CC)c2c1C[C@@H]1CCN(C)C[C@H]1C2=O. The zero-order valence-electron chi connectivity index (χ0n) is 24.3. The lowest BCUT2D eigenvalue weighted by Crippen LogP contribution is -2.46. The Bertz CT molecular complexity index is 961. The van der Waals surface area contributed by atoms with Gasteiger partial charge in [-0.1, -0.05) is 66.2 Å². The molecule has 0 radical (unpaired) electrons. The number of piperidine rings is 1. The van der Waals surface area contributed by atoms with Gasteiger partial charge in [0.15, 0.2) is 5.78 Å². The van der Waals surface area contributed by atoms with Crippen molar-refractivity contribution >= 4 is 17.7 Å². The molecule has 1 aromatic rings. The van der Waals surface area contributed by atoms with Crippen LogP contribution in [0, 0.1) is 24.2 Å². The number of carbonyl (C=O) groups is 3. The van der Waals surface area contributed by atoms with E-state index in [4.69, 9.17) is 4.74 Å². The van der Waals surface area contributed by atoms with Crippen molar-refractivity contribution in [3.63, 3.8) is 0 Å². The zero-order chi connectivity index (χ0) is 27.2. The third-order valence-electron chi connectivity index (χ3n) is 8.74. The van der Waals surface area contributed by atoms with E-state index in [0.717, 1.165) is 67.7 Å². The number of rotatable bonds is 13. The molecule has 0 bridgehead atoms. The van der Waals surface area contributed by atoms with Crippen LogP contribution in [-0.4, -0.2) is 53.9 Å². The van der Waals surface area contributed by atoms with E-state index in [1.807, 2.05) is 25.3 Å². The van der Waals surface area contributed by atoms with Crippen molar-refractivity contribution < 1.29 is 19.1 Å². The van der Waals surface area contributed by atoms with Crippen LogP contribution in [0.4, 0.5) is 0 Å². The fourth-order valence-corrected chi connectivity index (χ4v) is 6.26. The third kappa shape index (κ3) is 6.93. The summed E-state index contributed by atoms with van der Waals surface area (Å²) >= 11 is 0. The van der Waals surface area contributed by atoms with E-state index in [2.05, 4.69) is 25.8 Å². The van der Waals surface area contributed by atoms with Gasteiger partial charge in [-0.05, 0) is 64.1 Å². The summed E-state index contributed by atoms with van der Waals surface area (Å²) in [6, 6.07) is 0. The fourth-order valence-electron chi connectivity index (χ4n) is 6.26. The molecule has 3 rings (SSSR count). The van der Waals surface area contributed by atoms with Gasteiger partial charge in [-0.25, -0.2) is 0 Å². The smallest absolute Gasteiger partial charge is 0.305 e. The summed E-state index contributed by atoms with van der Waals surface area (Å²) in [4.78, 5) is 42.0. The number of likely N-dealkylation sites (tertiary alicyclic amines) is 1. The van der Waals surface area contributed by atoms with Gasteiger partial charge >= 0.3 is 5.97 Å². The second-order valence-corrected chi connectivity index (χ2v) is 12.1. The number of unbranched alkanes of at least 4 members (excludes halogenated alkanes) is 6. The number of Topliss-reactive ketones (excluding diaryl/α,β-unsaturated/α-hetero) is 1. The number of hydrogen-bond donors (Lipinski definition) is 0. The summed E-state index contributed by atoms with van der Waals surface area (Å²) in [5.41, 5.74) is 2.95. The van der Waals surface area contributed by atoms with Crippen molar-refractivity contribution in [1.29, 1.82) is 0 Å². The molecule has 0 spiro atoms. The topological polar surface area (TPSA) is 68.6 Å². The second kappa shape index (κ2) is 13.2. The Kier molecular flexibility index (Phi) is 10.6. The number of fused-ring (bicyclic) bond motifs is 2. The van der Waals surface area contributed by atoms with Gasteiger partial charge in [-0.2, -0.15) is 0 Å². The summed E-state index contributed by atoms with van der Waals surface area (Å²) in [5.74, 6) is 0.395. The van der Waals surface area contributed by atoms with E-state index in [1.54, 1.807) is 0 Å². The molecule has 0 aromatic carbocycles. The molecule has 2 atom stereocenters. The van der Waals surface area contributed by atoms with Gasteiger partial charge in [0, 0.05) is 41.2 Å². The largest absolute Gasteiger partial charge is 0.466 e. The quantitative estimate of drug-likeness (QED) is 0.225. The predicted molar refractivity (Wildman–Crippen MR) is 148 cm³/mol. The van der Waals surface area contributed by atoms with Crippen molar-refractivity contribution in [2.45, 2.75) is 112 Å². The maximum absolute atomic E-state index is 13.9. The van der Waals surface area contributed by atoms with E-state index < -0.39 is 5.41 Å². The van der Waals surface area contributed by atoms with Gasteiger partial charge < -0.3 is 9.64 Å². The van der Waals surface area contributed by atoms with Crippen molar-refractivity contribution in [3.05, 3.63) is 22.5 Å². The highest BCUT2D eigenvalue weighted by Crippen LogP contribution is 2.40. The molecule has 1 saturated heterocycles. The molecule has 2 aliphatic rings. The maximum Gasteiger partial charge on any atom is 0.305 e. The minimum Gasteiger partial charge on any atom is -0.466 e.